The smallest absolute Gasteiger partial charge is 0.387 e. The molecule has 11 heteroatoms. The van der Waals surface area contributed by atoms with Gasteiger partial charge in [-0.25, -0.2) is 18.4 Å². The highest BCUT2D eigenvalue weighted by atomic mass is 32.2. The number of Topliss-reactive ketones (excluding diaryl/α,β-unsaturated/α-hetero) is 1. The first-order chi connectivity index (χ1) is 15.9. The molecule has 3 rings (SSSR count). The minimum Gasteiger partial charge on any atom is -0.454 e. The number of halogens is 2. The molecule has 3 aromatic rings. The minimum absolute atomic E-state index is 0.00576. The zero-order valence-electron chi connectivity index (χ0n) is 18.5. The molecule has 1 heterocycles. The summed E-state index contributed by atoms with van der Waals surface area (Å²) in [5.74, 6) is -1.32. The van der Waals surface area contributed by atoms with E-state index >= 15 is 0 Å². The molecule has 0 fully saturated rings. The minimum atomic E-state index is -4.02. The highest BCUT2D eigenvalue weighted by molar-refractivity contribution is 7.89. The van der Waals surface area contributed by atoms with E-state index < -0.39 is 35.0 Å². The van der Waals surface area contributed by atoms with Crippen molar-refractivity contribution in [3.8, 4) is 11.4 Å². The predicted molar refractivity (Wildman–Crippen MR) is 119 cm³/mol. The Labute approximate surface area is 195 Å². The fraction of sp³-hybridized carbons (Fsp3) is 0.217. The van der Waals surface area contributed by atoms with Crippen molar-refractivity contribution >= 4 is 21.8 Å². The molecule has 0 saturated heterocycles. The predicted octanol–water partition coefficient (Wildman–Crippen LogP) is 3.69. The number of primary sulfonamides is 1. The second kappa shape index (κ2) is 9.74. The summed E-state index contributed by atoms with van der Waals surface area (Å²) in [6.45, 7) is 1.56. The zero-order chi connectivity index (χ0) is 25.2. The average molecular weight is 493 g/mol. The van der Waals surface area contributed by atoms with E-state index in [0.29, 0.717) is 28.2 Å². The lowest BCUT2D eigenvalue weighted by molar-refractivity contribution is -0.0498. The Bertz CT molecular complexity index is 1350. The summed E-state index contributed by atoms with van der Waals surface area (Å²) in [5.41, 5.74) is 2.65. The SMILES string of the molecule is Cc1ccc(S(N)(=O)=O)cc1C(=O)OCC(=O)c1cc(C)n(-c2ccc(OC(F)F)cc2)c1C. The lowest BCUT2D eigenvalue weighted by Crippen LogP contribution is -2.17. The van der Waals surface area contributed by atoms with Crippen molar-refractivity contribution in [3.63, 3.8) is 0 Å². The Balaban J connectivity index is 1.77. The third-order valence-corrected chi connectivity index (χ3v) is 6.05. The number of aromatic nitrogens is 1. The van der Waals surface area contributed by atoms with Crippen molar-refractivity contribution in [1.29, 1.82) is 0 Å². The fourth-order valence-electron chi connectivity index (χ4n) is 3.50. The van der Waals surface area contributed by atoms with E-state index in [4.69, 9.17) is 9.88 Å². The van der Waals surface area contributed by atoms with Gasteiger partial charge in [-0.3, -0.25) is 4.79 Å². The zero-order valence-corrected chi connectivity index (χ0v) is 19.4. The molecule has 2 N–H and O–H groups in total. The third-order valence-electron chi connectivity index (χ3n) is 5.14. The normalized spacial score (nSPS) is 11.5. The first-order valence-corrected chi connectivity index (χ1v) is 11.5. The van der Waals surface area contributed by atoms with Crippen LogP contribution in [0.1, 0.15) is 37.7 Å². The van der Waals surface area contributed by atoms with Crippen molar-refractivity contribution < 1.29 is 36.3 Å². The monoisotopic (exact) mass is 492 g/mol. The number of benzene rings is 2. The molecular weight excluding hydrogens is 470 g/mol. The molecule has 0 unspecified atom stereocenters. The van der Waals surface area contributed by atoms with Crippen LogP contribution in [-0.2, 0) is 14.8 Å². The molecule has 0 bridgehead atoms. The van der Waals surface area contributed by atoms with Gasteiger partial charge in [0.15, 0.2) is 6.61 Å². The molecule has 34 heavy (non-hydrogen) atoms. The highest BCUT2D eigenvalue weighted by Crippen LogP contribution is 2.24. The number of ether oxygens (including phenoxy) is 2. The van der Waals surface area contributed by atoms with Gasteiger partial charge in [-0.05, 0) is 68.8 Å². The summed E-state index contributed by atoms with van der Waals surface area (Å²) in [5, 5.41) is 5.11. The van der Waals surface area contributed by atoms with E-state index in [1.54, 1.807) is 43.5 Å². The van der Waals surface area contributed by atoms with Gasteiger partial charge in [-0.1, -0.05) is 6.07 Å². The molecule has 0 saturated carbocycles. The van der Waals surface area contributed by atoms with Crippen LogP contribution in [0.25, 0.3) is 5.69 Å². The van der Waals surface area contributed by atoms with Crippen molar-refractivity contribution in [2.24, 2.45) is 5.14 Å². The molecule has 0 aliphatic heterocycles. The van der Waals surface area contributed by atoms with Gasteiger partial charge in [0.1, 0.15) is 5.75 Å². The molecule has 8 nitrogen and oxygen atoms in total. The number of esters is 1. The molecule has 2 aromatic carbocycles. The standard InChI is InChI=1S/C23H22F2N2O6S/c1-13-4-9-18(34(26,30)31)11-19(13)22(29)32-12-21(28)20-10-14(2)27(15(20)3)16-5-7-17(8-6-16)33-23(24)25/h4-11,23H,12H2,1-3H3,(H2,26,30,31). The molecule has 0 atom stereocenters. The Morgan fingerprint density at radius 3 is 2.24 bits per heavy atom. The van der Waals surface area contributed by atoms with E-state index in [2.05, 4.69) is 4.74 Å². The highest BCUT2D eigenvalue weighted by Gasteiger charge is 2.21. The quantitative estimate of drug-likeness (QED) is 0.379. The molecule has 0 aliphatic rings. The molecule has 0 amide bonds. The maximum Gasteiger partial charge on any atom is 0.387 e. The summed E-state index contributed by atoms with van der Waals surface area (Å²) < 4.78 is 59.1. The summed E-state index contributed by atoms with van der Waals surface area (Å²) in [7, 11) is -4.02. The van der Waals surface area contributed by atoms with E-state index in [-0.39, 0.29) is 16.2 Å². The number of sulfonamides is 1. The van der Waals surface area contributed by atoms with Crippen LogP contribution in [0.15, 0.2) is 53.4 Å². The summed E-state index contributed by atoms with van der Waals surface area (Å²) >= 11 is 0. The van der Waals surface area contributed by atoms with Crippen LogP contribution in [-0.4, -0.2) is 38.0 Å². The maximum atomic E-state index is 12.8. The Kier molecular flexibility index (Phi) is 7.18. The maximum absolute atomic E-state index is 12.8. The number of rotatable bonds is 8. The Hall–Kier alpha value is -3.57. The topological polar surface area (TPSA) is 118 Å². The summed E-state index contributed by atoms with van der Waals surface area (Å²) in [4.78, 5) is 25.0. The van der Waals surface area contributed by atoms with E-state index in [1.165, 1.54) is 24.3 Å². The van der Waals surface area contributed by atoms with Crippen LogP contribution in [0.4, 0.5) is 8.78 Å². The van der Waals surface area contributed by atoms with Gasteiger partial charge < -0.3 is 14.0 Å². The number of aryl methyl sites for hydroxylation is 2. The van der Waals surface area contributed by atoms with Gasteiger partial charge in [0.25, 0.3) is 0 Å². The van der Waals surface area contributed by atoms with Crippen molar-refractivity contribution in [2.45, 2.75) is 32.3 Å². The van der Waals surface area contributed by atoms with Gasteiger partial charge in [0.2, 0.25) is 15.8 Å². The van der Waals surface area contributed by atoms with Crippen molar-refractivity contribution in [1.82, 2.24) is 4.57 Å². The average Bonchev–Trinajstić information content (AvgIpc) is 3.05. The van der Waals surface area contributed by atoms with Gasteiger partial charge in [-0.15, -0.1) is 0 Å². The van der Waals surface area contributed by atoms with Crippen LogP contribution >= 0.6 is 0 Å². The summed E-state index contributed by atoms with van der Waals surface area (Å²) in [6.07, 6.45) is 0. The molecule has 0 aliphatic carbocycles. The van der Waals surface area contributed by atoms with Crippen molar-refractivity contribution in [2.75, 3.05) is 6.61 Å². The molecule has 180 valence electrons. The number of carbonyl (C=O) groups is 2. The largest absolute Gasteiger partial charge is 0.454 e. The fourth-order valence-corrected chi connectivity index (χ4v) is 4.04. The first kappa shape index (κ1) is 25.1. The van der Waals surface area contributed by atoms with Crippen molar-refractivity contribution in [3.05, 3.63) is 76.6 Å². The molecule has 0 spiro atoms. The number of hydrogen-bond acceptors (Lipinski definition) is 6. The van der Waals surface area contributed by atoms with Gasteiger partial charge in [-0.2, -0.15) is 8.78 Å². The van der Waals surface area contributed by atoms with E-state index in [0.717, 1.165) is 6.07 Å². The van der Waals surface area contributed by atoms with Gasteiger partial charge >= 0.3 is 12.6 Å². The number of nitrogens with zero attached hydrogens (tertiary/aromatic N) is 1. The Morgan fingerprint density at radius 2 is 1.65 bits per heavy atom. The van der Waals surface area contributed by atoms with E-state index in [9.17, 15) is 26.8 Å². The first-order valence-electron chi connectivity index (χ1n) is 9.96. The molecular formula is C23H22F2N2O6S. The van der Waals surface area contributed by atoms with E-state index in [1.807, 2.05) is 0 Å². The van der Waals surface area contributed by atoms with Gasteiger partial charge in [0.05, 0.1) is 10.5 Å². The van der Waals surface area contributed by atoms with Gasteiger partial charge in [0, 0.05) is 22.6 Å². The van der Waals surface area contributed by atoms with Crippen LogP contribution in [0.5, 0.6) is 5.75 Å². The lowest BCUT2D eigenvalue weighted by atomic mass is 10.1. The second-order valence-corrected chi connectivity index (χ2v) is 9.08. The number of hydrogen-bond donors (Lipinski definition) is 1. The number of nitrogens with two attached hydrogens (primary N) is 1. The van der Waals surface area contributed by atoms with Crippen LogP contribution in [0.3, 0.4) is 0 Å². The molecule has 1 aromatic heterocycles. The number of alkyl halides is 2. The Morgan fingerprint density at radius 1 is 1.00 bits per heavy atom. The van der Waals surface area contributed by atoms with Crippen LogP contribution < -0.4 is 9.88 Å². The summed E-state index contributed by atoms with van der Waals surface area (Å²) in [6, 6.07) is 11.4. The van der Waals surface area contributed by atoms with Crippen LogP contribution in [0, 0.1) is 20.8 Å². The van der Waals surface area contributed by atoms with Crippen LogP contribution in [0.2, 0.25) is 0 Å². The lowest BCUT2D eigenvalue weighted by Gasteiger charge is -2.11. The molecule has 0 radical (unpaired) electrons. The second-order valence-electron chi connectivity index (χ2n) is 7.51. The number of carbonyl (C=O) groups excluding carboxylic acids is 2. The third kappa shape index (κ3) is 5.49. The number of ketones is 1.